The van der Waals surface area contributed by atoms with Crippen LogP contribution >= 0.6 is 24.0 Å². The number of halogens is 1. The summed E-state index contributed by atoms with van der Waals surface area (Å²) in [6.07, 6.45) is 8.14. The molecular weight excluding hydrogens is 423 g/mol. The van der Waals surface area contributed by atoms with Crippen molar-refractivity contribution in [3.05, 3.63) is 22.5 Å². The van der Waals surface area contributed by atoms with E-state index >= 15 is 0 Å². The molecule has 1 aromatic rings. The molecule has 0 bridgehead atoms. The quantitative estimate of drug-likeness (QED) is 0.251. The minimum Gasteiger partial charge on any atom is -0.354 e. The number of aromatic nitrogens is 2. The molecule has 0 aromatic carbocycles. The Morgan fingerprint density at radius 1 is 1.42 bits per heavy atom. The van der Waals surface area contributed by atoms with E-state index < -0.39 is 4.92 Å². The number of guanidine groups is 1. The number of fused-ring (bicyclic) bond motifs is 1. The zero-order valence-corrected chi connectivity index (χ0v) is 16.3. The highest BCUT2D eigenvalue weighted by molar-refractivity contribution is 14.0. The molecule has 2 atom stereocenters. The summed E-state index contributed by atoms with van der Waals surface area (Å²) in [5, 5.41) is 18.0. The largest absolute Gasteiger partial charge is 0.354 e. The van der Waals surface area contributed by atoms with Gasteiger partial charge in [-0.25, -0.2) is 0 Å². The van der Waals surface area contributed by atoms with Crippen molar-refractivity contribution in [2.75, 3.05) is 26.7 Å². The van der Waals surface area contributed by atoms with Crippen molar-refractivity contribution in [2.24, 2.45) is 16.8 Å². The fourth-order valence-corrected chi connectivity index (χ4v) is 3.76. The molecule has 0 amide bonds. The third kappa shape index (κ3) is 4.37. The van der Waals surface area contributed by atoms with Crippen molar-refractivity contribution in [3.8, 4) is 0 Å². The maximum atomic E-state index is 10.7. The molecule has 2 unspecified atom stereocenters. The van der Waals surface area contributed by atoms with Gasteiger partial charge in [0.05, 0.1) is 11.5 Å². The predicted octanol–water partition coefficient (Wildman–Crippen LogP) is 2.11. The molecule has 9 heteroatoms. The first-order chi connectivity index (χ1) is 11.2. The Morgan fingerprint density at radius 2 is 2.08 bits per heavy atom. The van der Waals surface area contributed by atoms with Crippen molar-refractivity contribution >= 4 is 35.6 Å². The van der Waals surface area contributed by atoms with Gasteiger partial charge in [-0.1, -0.05) is 12.8 Å². The molecule has 0 radical (unpaired) electrons. The first-order valence-corrected chi connectivity index (χ1v) is 8.30. The van der Waals surface area contributed by atoms with Crippen LogP contribution in [0.4, 0.5) is 5.69 Å². The molecule has 1 saturated heterocycles. The highest BCUT2D eigenvalue weighted by Gasteiger charge is 2.35. The van der Waals surface area contributed by atoms with Crippen LogP contribution in [0, 0.1) is 22.0 Å². The molecule has 24 heavy (non-hydrogen) atoms. The van der Waals surface area contributed by atoms with Gasteiger partial charge in [-0.15, -0.1) is 24.0 Å². The molecule has 1 aromatic heterocycles. The third-order valence-electron chi connectivity index (χ3n) is 4.94. The minimum atomic E-state index is -0.429. The maximum Gasteiger partial charge on any atom is 0.306 e. The Bertz CT molecular complexity index is 576. The first kappa shape index (κ1) is 18.9. The average Bonchev–Trinajstić information content (AvgIpc) is 3.18. The van der Waals surface area contributed by atoms with Crippen LogP contribution in [0.1, 0.15) is 25.7 Å². The van der Waals surface area contributed by atoms with Crippen molar-refractivity contribution < 1.29 is 4.92 Å². The summed E-state index contributed by atoms with van der Waals surface area (Å²) < 4.78 is 1.59. The third-order valence-corrected chi connectivity index (χ3v) is 4.94. The molecular formula is C15H25IN6O2. The van der Waals surface area contributed by atoms with Gasteiger partial charge in [0.15, 0.2) is 5.96 Å². The Balaban J connectivity index is 0.00000208. The van der Waals surface area contributed by atoms with E-state index in [0.29, 0.717) is 13.1 Å². The fourth-order valence-electron chi connectivity index (χ4n) is 3.76. The summed E-state index contributed by atoms with van der Waals surface area (Å²) in [5.74, 6) is 2.56. The number of aliphatic imine (C=N–C) groups is 1. The maximum absolute atomic E-state index is 10.7. The summed E-state index contributed by atoms with van der Waals surface area (Å²) in [7, 11) is 1.81. The number of rotatable bonds is 4. The van der Waals surface area contributed by atoms with Crippen molar-refractivity contribution in [1.82, 2.24) is 20.0 Å². The lowest BCUT2D eigenvalue weighted by Crippen LogP contribution is -2.41. The predicted molar refractivity (Wildman–Crippen MR) is 103 cm³/mol. The highest BCUT2D eigenvalue weighted by Crippen LogP contribution is 2.35. The number of hydrogen-bond donors (Lipinski definition) is 1. The Hall–Kier alpha value is -1.39. The molecule has 8 nitrogen and oxygen atoms in total. The summed E-state index contributed by atoms with van der Waals surface area (Å²) in [6, 6.07) is 0. The molecule has 1 saturated carbocycles. The van der Waals surface area contributed by atoms with Gasteiger partial charge in [-0.2, -0.15) is 5.10 Å². The number of nitro groups is 1. The zero-order chi connectivity index (χ0) is 16.2. The standard InChI is InChI=1S/C15H24N6O2.HI/c1-16-15(19-9-12-4-2-3-5-13(12)10-19)17-6-7-20-11-14(8-18-20)21(22)23;/h8,11-13H,2-7,9-10H2,1H3,(H,16,17);1H. The number of hydrogen-bond acceptors (Lipinski definition) is 4. The van der Waals surface area contributed by atoms with Crippen molar-refractivity contribution in [2.45, 2.75) is 32.2 Å². The van der Waals surface area contributed by atoms with Crippen LogP contribution in [-0.2, 0) is 6.54 Å². The fraction of sp³-hybridized carbons (Fsp3) is 0.733. The number of nitrogens with zero attached hydrogens (tertiary/aromatic N) is 5. The molecule has 134 valence electrons. The summed E-state index contributed by atoms with van der Waals surface area (Å²) >= 11 is 0. The Labute approximate surface area is 158 Å². The van der Waals surface area contributed by atoms with Crippen LogP contribution < -0.4 is 5.32 Å². The van der Waals surface area contributed by atoms with E-state index in [2.05, 4.69) is 20.3 Å². The molecule has 2 fully saturated rings. The highest BCUT2D eigenvalue weighted by atomic mass is 127. The zero-order valence-electron chi connectivity index (χ0n) is 13.9. The minimum absolute atomic E-state index is 0. The SMILES string of the molecule is CN=C(NCCn1cc([N+](=O)[O-])cn1)N1CC2CCCCC2C1.I. The van der Waals surface area contributed by atoms with Gasteiger partial charge in [-0.05, 0) is 24.7 Å². The first-order valence-electron chi connectivity index (χ1n) is 8.30. The summed E-state index contributed by atoms with van der Waals surface area (Å²) in [4.78, 5) is 17.0. The topological polar surface area (TPSA) is 88.6 Å². The van der Waals surface area contributed by atoms with E-state index in [4.69, 9.17) is 0 Å². The van der Waals surface area contributed by atoms with Gasteiger partial charge >= 0.3 is 5.69 Å². The van der Waals surface area contributed by atoms with Crippen LogP contribution in [0.2, 0.25) is 0 Å². The molecule has 3 rings (SSSR count). The van der Waals surface area contributed by atoms with Crippen LogP contribution in [0.3, 0.4) is 0 Å². The van der Waals surface area contributed by atoms with Crippen LogP contribution in [0.5, 0.6) is 0 Å². The lowest BCUT2D eigenvalue weighted by Gasteiger charge is -2.22. The van der Waals surface area contributed by atoms with Gasteiger partial charge in [0, 0.05) is 26.7 Å². The lowest BCUT2D eigenvalue weighted by molar-refractivity contribution is -0.385. The smallest absolute Gasteiger partial charge is 0.306 e. The van der Waals surface area contributed by atoms with Gasteiger partial charge in [-0.3, -0.25) is 19.8 Å². The van der Waals surface area contributed by atoms with E-state index in [9.17, 15) is 10.1 Å². The van der Waals surface area contributed by atoms with E-state index in [1.165, 1.54) is 38.1 Å². The van der Waals surface area contributed by atoms with E-state index in [1.54, 1.807) is 4.68 Å². The number of likely N-dealkylation sites (tertiary alicyclic amines) is 1. The second kappa shape index (κ2) is 8.63. The second-order valence-electron chi connectivity index (χ2n) is 6.40. The molecule has 0 spiro atoms. The lowest BCUT2D eigenvalue weighted by atomic mass is 9.82. The van der Waals surface area contributed by atoms with Crippen LogP contribution in [-0.4, -0.2) is 52.2 Å². The van der Waals surface area contributed by atoms with Crippen molar-refractivity contribution in [3.63, 3.8) is 0 Å². The summed E-state index contributed by atoms with van der Waals surface area (Å²) in [6.45, 7) is 3.42. The van der Waals surface area contributed by atoms with E-state index in [-0.39, 0.29) is 29.7 Å². The molecule has 1 N–H and O–H groups in total. The molecule has 2 aliphatic rings. The van der Waals surface area contributed by atoms with Gasteiger partial charge in [0.1, 0.15) is 12.4 Å². The van der Waals surface area contributed by atoms with Gasteiger partial charge in [0.25, 0.3) is 0 Å². The van der Waals surface area contributed by atoms with Crippen LogP contribution in [0.25, 0.3) is 0 Å². The molecule has 1 aliphatic heterocycles. The Morgan fingerprint density at radius 3 is 2.62 bits per heavy atom. The van der Waals surface area contributed by atoms with Crippen molar-refractivity contribution in [1.29, 1.82) is 0 Å². The normalized spacial score (nSPS) is 23.5. The molecule has 1 aliphatic carbocycles. The number of nitrogens with one attached hydrogen (secondary N) is 1. The second-order valence-corrected chi connectivity index (χ2v) is 6.40. The summed E-state index contributed by atoms with van der Waals surface area (Å²) in [5.41, 5.74) is 0.0259. The average molecular weight is 448 g/mol. The van der Waals surface area contributed by atoms with Gasteiger partial charge in [0.2, 0.25) is 0 Å². The molecule has 2 heterocycles. The van der Waals surface area contributed by atoms with Crippen LogP contribution in [0.15, 0.2) is 17.4 Å². The Kier molecular flexibility index (Phi) is 6.81. The van der Waals surface area contributed by atoms with E-state index in [1.807, 2.05) is 7.05 Å². The monoisotopic (exact) mass is 448 g/mol. The van der Waals surface area contributed by atoms with Gasteiger partial charge < -0.3 is 10.2 Å². The van der Waals surface area contributed by atoms with E-state index in [0.717, 1.165) is 30.9 Å².